The second-order valence-electron chi connectivity index (χ2n) is 6.82. The lowest BCUT2D eigenvalue weighted by Crippen LogP contribution is -2.15. The Hall–Kier alpha value is -4.11. The largest absolute Gasteiger partial charge is 0.461 e. The van der Waals surface area contributed by atoms with E-state index in [-0.39, 0.29) is 12.3 Å². The van der Waals surface area contributed by atoms with E-state index in [9.17, 15) is 9.59 Å². The first-order valence-corrected chi connectivity index (χ1v) is 10.7. The van der Waals surface area contributed by atoms with Gasteiger partial charge in [-0.25, -0.2) is 14.8 Å². The maximum absolute atomic E-state index is 13.0. The topological polar surface area (TPSA) is 98.5 Å². The molecular weight excluding hydrogens is 426 g/mol. The maximum atomic E-state index is 13.0. The Kier molecular flexibility index (Phi) is 5.08. The number of nitrogens with one attached hydrogen (secondary N) is 1. The number of benzene rings is 2. The average Bonchev–Trinajstić information content (AvgIpc) is 3.40. The van der Waals surface area contributed by atoms with Gasteiger partial charge in [0.05, 0.1) is 28.7 Å². The van der Waals surface area contributed by atoms with E-state index in [4.69, 9.17) is 4.74 Å². The minimum atomic E-state index is -0.451. The highest BCUT2D eigenvalue weighted by Gasteiger charge is 2.24. The normalized spacial score (nSPS) is 11.0. The van der Waals surface area contributed by atoms with Crippen LogP contribution < -0.4 is 5.32 Å². The predicted octanol–water partition coefficient (Wildman–Crippen LogP) is 4.44. The van der Waals surface area contributed by atoms with Crippen molar-refractivity contribution in [2.45, 2.75) is 6.92 Å². The van der Waals surface area contributed by atoms with Gasteiger partial charge in [-0.1, -0.05) is 41.7 Å². The number of hydrogen-bond donors (Lipinski definition) is 1. The number of esters is 1. The highest BCUT2D eigenvalue weighted by molar-refractivity contribution is 7.20. The lowest BCUT2D eigenvalue weighted by Gasteiger charge is -2.11. The number of hydrogen-bond acceptors (Lipinski definition) is 7. The van der Waals surface area contributed by atoms with Crippen LogP contribution >= 0.6 is 11.3 Å². The number of para-hydroxylation sites is 3. The van der Waals surface area contributed by atoms with Crippen molar-refractivity contribution < 1.29 is 14.3 Å². The quantitative estimate of drug-likeness (QED) is 0.404. The summed E-state index contributed by atoms with van der Waals surface area (Å²) in [5, 5.41) is 2.91. The molecule has 0 fully saturated rings. The fraction of sp³-hybridized carbons (Fsp3) is 0.0870. The van der Waals surface area contributed by atoms with Crippen LogP contribution in [0.25, 0.3) is 26.4 Å². The number of anilines is 1. The lowest BCUT2D eigenvalue weighted by atomic mass is 10.1. The molecule has 1 N–H and O–H groups in total. The molecular formula is C23H17N5O3S. The van der Waals surface area contributed by atoms with Crippen molar-refractivity contribution in [1.82, 2.24) is 19.4 Å². The van der Waals surface area contributed by atoms with E-state index in [1.54, 1.807) is 35.9 Å². The number of aromatic nitrogens is 4. The van der Waals surface area contributed by atoms with Crippen LogP contribution in [-0.2, 0) is 4.74 Å². The van der Waals surface area contributed by atoms with Crippen molar-refractivity contribution in [3.63, 3.8) is 0 Å². The Morgan fingerprint density at radius 1 is 1.06 bits per heavy atom. The maximum Gasteiger partial charge on any atom is 0.356 e. The first-order valence-electron chi connectivity index (χ1n) is 9.91. The molecule has 32 heavy (non-hydrogen) atoms. The number of imidazole rings is 1. The molecule has 158 valence electrons. The van der Waals surface area contributed by atoms with Crippen molar-refractivity contribution in [1.29, 1.82) is 0 Å². The van der Waals surface area contributed by atoms with E-state index in [0.29, 0.717) is 37.8 Å². The summed E-state index contributed by atoms with van der Waals surface area (Å²) in [7, 11) is 0. The number of rotatable bonds is 5. The van der Waals surface area contributed by atoms with Crippen LogP contribution in [0.2, 0.25) is 0 Å². The number of thiazole rings is 1. The van der Waals surface area contributed by atoms with Gasteiger partial charge in [0.1, 0.15) is 5.69 Å². The van der Waals surface area contributed by atoms with Crippen molar-refractivity contribution in [3.8, 4) is 10.4 Å². The molecule has 0 aliphatic heterocycles. The fourth-order valence-electron chi connectivity index (χ4n) is 3.40. The van der Waals surface area contributed by atoms with Gasteiger partial charge in [0.25, 0.3) is 5.91 Å². The minimum absolute atomic E-state index is 0.199. The minimum Gasteiger partial charge on any atom is -0.461 e. The summed E-state index contributed by atoms with van der Waals surface area (Å²) in [5.41, 5.74) is 3.15. The van der Waals surface area contributed by atoms with Crippen LogP contribution in [-0.4, -0.2) is 37.8 Å². The smallest absolute Gasteiger partial charge is 0.356 e. The number of ether oxygens (including phenoxy) is 1. The van der Waals surface area contributed by atoms with Gasteiger partial charge in [-0.15, -0.1) is 0 Å². The summed E-state index contributed by atoms with van der Waals surface area (Å²) in [6.07, 6.45) is 4.79. The zero-order chi connectivity index (χ0) is 22.1. The van der Waals surface area contributed by atoms with Gasteiger partial charge in [0, 0.05) is 23.6 Å². The highest BCUT2D eigenvalue weighted by atomic mass is 32.1. The van der Waals surface area contributed by atoms with Crippen LogP contribution in [0.5, 0.6) is 0 Å². The summed E-state index contributed by atoms with van der Waals surface area (Å²) in [5.74, 6) is -0.844. The van der Waals surface area contributed by atoms with E-state index in [2.05, 4.69) is 20.3 Å². The second-order valence-corrected chi connectivity index (χ2v) is 7.80. The molecule has 8 nitrogen and oxygen atoms in total. The Morgan fingerprint density at radius 2 is 1.84 bits per heavy atom. The highest BCUT2D eigenvalue weighted by Crippen LogP contribution is 2.37. The van der Waals surface area contributed by atoms with Gasteiger partial charge in [-0.2, -0.15) is 0 Å². The summed E-state index contributed by atoms with van der Waals surface area (Å²) in [6, 6.07) is 14.6. The van der Waals surface area contributed by atoms with Crippen LogP contribution in [0.4, 0.5) is 5.69 Å². The number of nitrogens with zero attached hydrogens (tertiary/aromatic N) is 4. The lowest BCUT2D eigenvalue weighted by molar-refractivity contribution is 0.0519. The fourth-order valence-corrected chi connectivity index (χ4v) is 4.51. The number of fused-ring (bicyclic) bond motifs is 2. The molecule has 0 radical (unpaired) electrons. The Labute approximate surface area is 186 Å². The molecule has 0 bridgehead atoms. The van der Waals surface area contributed by atoms with Gasteiger partial charge in [0.15, 0.2) is 10.7 Å². The molecule has 3 heterocycles. The van der Waals surface area contributed by atoms with Crippen molar-refractivity contribution in [3.05, 3.63) is 78.5 Å². The molecule has 0 atom stereocenters. The first kappa shape index (κ1) is 19.8. The molecule has 0 aliphatic rings. The second kappa shape index (κ2) is 8.20. The number of amides is 1. The molecule has 0 saturated carbocycles. The molecule has 0 aliphatic carbocycles. The van der Waals surface area contributed by atoms with E-state index >= 15 is 0 Å². The molecule has 0 spiro atoms. The molecule has 0 unspecified atom stereocenters. The standard InChI is InChI=1S/C23H17N5O3S/c1-2-31-22(30)19-20(32-23-24-11-12-28(19)23)14-7-3-4-8-15(14)27-21(29)18-13-25-16-9-5-6-10-17(16)26-18/h3-13H,2H2,1H3,(H,27,29). The molecule has 0 saturated heterocycles. The summed E-state index contributed by atoms with van der Waals surface area (Å²) >= 11 is 1.35. The van der Waals surface area contributed by atoms with Crippen LogP contribution in [0.3, 0.4) is 0 Å². The summed E-state index contributed by atoms with van der Waals surface area (Å²) in [4.78, 5) is 40.0. The third-order valence-electron chi connectivity index (χ3n) is 4.83. The van der Waals surface area contributed by atoms with Crippen molar-refractivity contribution >= 4 is 44.9 Å². The number of carbonyl (C=O) groups excluding carboxylic acids is 2. The van der Waals surface area contributed by atoms with Crippen molar-refractivity contribution in [2.75, 3.05) is 11.9 Å². The Bertz CT molecular complexity index is 1470. The molecule has 2 aromatic carbocycles. The van der Waals surface area contributed by atoms with Crippen molar-refractivity contribution in [2.24, 2.45) is 0 Å². The zero-order valence-corrected chi connectivity index (χ0v) is 17.8. The average molecular weight is 443 g/mol. The monoisotopic (exact) mass is 443 g/mol. The SMILES string of the molecule is CCOC(=O)c1c(-c2ccccc2NC(=O)c2cnc3ccccc3n2)sc2nccn12. The Morgan fingerprint density at radius 3 is 2.69 bits per heavy atom. The van der Waals surface area contributed by atoms with Crippen LogP contribution in [0, 0.1) is 0 Å². The van der Waals surface area contributed by atoms with Gasteiger partial charge in [-0.05, 0) is 25.1 Å². The van der Waals surface area contributed by atoms with Gasteiger partial charge in [0.2, 0.25) is 0 Å². The van der Waals surface area contributed by atoms with Gasteiger partial charge >= 0.3 is 5.97 Å². The zero-order valence-electron chi connectivity index (χ0n) is 17.0. The first-order chi connectivity index (χ1) is 15.7. The Balaban J connectivity index is 1.55. The molecule has 9 heteroatoms. The van der Waals surface area contributed by atoms with Gasteiger partial charge < -0.3 is 10.1 Å². The van der Waals surface area contributed by atoms with E-state index in [1.165, 1.54) is 17.5 Å². The summed E-state index contributed by atoms with van der Waals surface area (Å²) < 4.78 is 6.97. The van der Waals surface area contributed by atoms with E-state index in [1.807, 2.05) is 36.4 Å². The van der Waals surface area contributed by atoms with Crippen LogP contribution in [0.1, 0.15) is 27.9 Å². The number of carbonyl (C=O) groups is 2. The van der Waals surface area contributed by atoms with Gasteiger partial charge in [-0.3, -0.25) is 14.2 Å². The molecule has 5 rings (SSSR count). The van der Waals surface area contributed by atoms with Crippen LogP contribution in [0.15, 0.2) is 67.1 Å². The van der Waals surface area contributed by atoms with E-state index in [0.717, 1.165) is 0 Å². The third-order valence-corrected chi connectivity index (χ3v) is 5.93. The summed E-state index contributed by atoms with van der Waals surface area (Å²) in [6.45, 7) is 2.01. The predicted molar refractivity (Wildman–Crippen MR) is 122 cm³/mol. The molecule has 3 aromatic heterocycles. The molecule has 1 amide bonds. The molecule has 5 aromatic rings. The van der Waals surface area contributed by atoms with E-state index < -0.39 is 11.9 Å². The third kappa shape index (κ3) is 3.48.